The van der Waals surface area contributed by atoms with Gasteiger partial charge in [0.1, 0.15) is 0 Å². The van der Waals surface area contributed by atoms with Crippen molar-refractivity contribution in [3.05, 3.63) is 60.2 Å². The maximum atomic E-state index is 12.2. The third-order valence-electron chi connectivity index (χ3n) is 4.56. The summed E-state index contributed by atoms with van der Waals surface area (Å²) in [7, 11) is 1.76. The average Bonchev–Trinajstić information content (AvgIpc) is 2.70. The third kappa shape index (κ3) is 6.13. The molecule has 5 nitrogen and oxygen atoms in total. The standard InChI is InChI=1S/C22H29N3O2/c1-4-25(5-2)21(26)15-16-23-22(27)24(3)17-18-11-13-20(14-12-18)19-9-7-6-8-10-19/h6-14H,4-5,15-17H2,1-3H3,(H,23,27). The van der Waals surface area contributed by atoms with Crippen LogP contribution in [0.5, 0.6) is 0 Å². The maximum absolute atomic E-state index is 12.2. The molecule has 144 valence electrons. The molecule has 1 N–H and O–H groups in total. The largest absolute Gasteiger partial charge is 0.343 e. The molecule has 0 aromatic heterocycles. The van der Waals surface area contributed by atoms with Crippen LogP contribution in [0.3, 0.4) is 0 Å². The maximum Gasteiger partial charge on any atom is 0.317 e. The Labute approximate surface area is 162 Å². The first-order valence-corrected chi connectivity index (χ1v) is 9.46. The lowest BCUT2D eigenvalue weighted by molar-refractivity contribution is -0.130. The van der Waals surface area contributed by atoms with Crippen molar-refractivity contribution >= 4 is 11.9 Å². The second-order valence-corrected chi connectivity index (χ2v) is 6.47. The molecular weight excluding hydrogens is 338 g/mol. The lowest BCUT2D eigenvalue weighted by Gasteiger charge is -2.20. The zero-order valence-corrected chi connectivity index (χ0v) is 16.4. The molecule has 0 fully saturated rings. The SMILES string of the molecule is CCN(CC)C(=O)CCNC(=O)N(C)Cc1ccc(-c2ccccc2)cc1. The first-order valence-electron chi connectivity index (χ1n) is 9.46. The van der Waals surface area contributed by atoms with E-state index in [9.17, 15) is 9.59 Å². The van der Waals surface area contributed by atoms with Gasteiger partial charge in [0.05, 0.1) is 0 Å². The third-order valence-corrected chi connectivity index (χ3v) is 4.56. The van der Waals surface area contributed by atoms with Crippen molar-refractivity contribution in [3.8, 4) is 11.1 Å². The van der Waals surface area contributed by atoms with Crippen LogP contribution in [-0.4, -0.2) is 48.4 Å². The zero-order chi connectivity index (χ0) is 19.6. The number of carbonyl (C=O) groups excluding carboxylic acids is 2. The number of hydrogen-bond donors (Lipinski definition) is 1. The Morgan fingerprint density at radius 3 is 2.07 bits per heavy atom. The van der Waals surface area contributed by atoms with Gasteiger partial charge in [0.2, 0.25) is 5.91 Å². The van der Waals surface area contributed by atoms with Crippen molar-refractivity contribution in [3.63, 3.8) is 0 Å². The van der Waals surface area contributed by atoms with Crippen molar-refractivity contribution in [2.24, 2.45) is 0 Å². The number of nitrogens with zero attached hydrogens (tertiary/aromatic N) is 2. The molecule has 0 aliphatic rings. The molecule has 2 aromatic carbocycles. The predicted molar refractivity (Wildman–Crippen MR) is 109 cm³/mol. The van der Waals surface area contributed by atoms with Gasteiger partial charge in [-0.25, -0.2) is 4.79 Å². The number of amides is 3. The van der Waals surface area contributed by atoms with Gasteiger partial charge in [0.15, 0.2) is 0 Å². The van der Waals surface area contributed by atoms with Crippen molar-refractivity contribution < 1.29 is 9.59 Å². The molecule has 2 rings (SSSR count). The molecule has 3 amide bonds. The van der Waals surface area contributed by atoms with Gasteiger partial charge < -0.3 is 15.1 Å². The van der Waals surface area contributed by atoms with E-state index < -0.39 is 0 Å². The molecule has 0 aliphatic heterocycles. The highest BCUT2D eigenvalue weighted by Gasteiger charge is 2.12. The Hall–Kier alpha value is -2.82. The van der Waals surface area contributed by atoms with E-state index >= 15 is 0 Å². The molecule has 0 aliphatic carbocycles. The second kappa shape index (κ2) is 10.4. The van der Waals surface area contributed by atoms with Crippen molar-refractivity contribution in [2.45, 2.75) is 26.8 Å². The number of nitrogens with one attached hydrogen (secondary N) is 1. The summed E-state index contributed by atoms with van der Waals surface area (Å²) in [5.41, 5.74) is 3.39. The molecule has 0 bridgehead atoms. The second-order valence-electron chi connectivity index (χ2n) is 6.47. The highest BCUT2D eigenvalue weighted by molar-refractivity contribution is 5.78. The van der Waals surface area contributed by atoms with Crippen LogP contribution < -0.4 is 5.32 Å². The van der Waals surface area contributed by atoms with E-state index in [0.29, 0.717) is 32.6 Å². The average molecular weight is 367 g/mol. The molecule has 0 atom stereocenters. The van der Waals surface area contributed by atoms with Gasteiger partial charge in [-0.15, -0.1) is 0 Å². The molecule has 27 heavy (non-hydrogen) atoms. The van der Waals surface area contributed by atoms with E-state index in [0.717, 1.165) is 11.1 Å². The molecule has 0 unspecified atom stereocenters. The fraction of sp³-hybridized carbons (Fsp3) is 0.364. The van der Waals surface area contributed by atoms with Crippen LogP contribution in [0.4, 0.5) is 4.79 Å². The predicted octanol–water partition coefficient (Wildman–Crippen LogP) is 3.75. The number of hydrogen-bond acceptors (Lipinski definition) is 2. The summed E-state index contributed by atoms with van der Waals surface area (Å²) >= 11 is 0. The van der Waals surface area contributed by atoms with Gasteiger partial charge in [-0.1, -0.05) is 54.6 Å². The monoisotopic (exact) mass is 367 g/mol. The van der Waals surface area contributed by atoms with E-state index in [1.165, 1.54) is 5.56 Å². The van der Waals surface area contributed by atoms with E-state index in [4.69, 9.17) is 0 Å². The van der Waals surface area contributed by atoms with Gasteiger partial charge in [-0.2, -0.15) is 0 Å². The van der Waals surface area contributed by atoms with Crippen molar-refractivity contribution in [2.75, 3.05) is 26.7 Å². The summed E-state index contributed by atoms with van der Waals surface area (Å²) in [6.07, 6.45) is 0.326. The minimum absolute atomic E-state index is 0.0689. The minimum Gasteiger partial charge on any atom is -0.343 e. The normalized spacial score (nSPS) is 10.3. The highest BCUT2D eigenvalue weighted by atomic mass is 16.2. The van der Waals surface area contributed by atoms with Crippen LogP contribution in [0, 0.1) is 0 Å². The van der Waals surface area contributed by atoms with Crippen molar-refractivity contribution in [1.29, 1.82) is 0 Å². The van der Waals surface area contributed by atoms with Crippen LogP contribution >= 0.6 is 0 Å². The Bertz CT molecular complexity index is 725. The number of rotatable bonds is 8. The van der Waals surface area contributed by atoms with Gasteiger partial charge >= 0.3 is 6.03 Å². The van der Waals surface area contributed by atoms with Gasteiger partial charge in [-0.3, -0.25) is 4.79 Å². The minimum atomic E-state index is -0.172. The fourth-order valence-electron chi connectivity index (χ4n) is 2.92. The van der Waals surface area contributed by atoms with E-state index in [1.54, 1.807) is 16.8 Å². The van der Waals surface area contributed by atoms with Crippen molar-refractivity contribution in [1.82, 2.24) is 15.1 Å². The highest BCUT2D eigenvalue weighted by Crippen LogP contribution is 2.19. The van der Waals surface area contributed by atoms with E-state index in [-0.39, 0.29) is 11.9 Å². The number of benzene rings is 2. The van der Waals surface area contributed by atoms with Crippen LogP contribution in [-0.2, 0) is 11.3 Å². The van der Waals surface area contributed by atoms with Crippen LogP contribution in [0.25, 0.3) is 11.1 Å². The Morgan fingerprint density at radius 2 is 1.48 bits per heavy atom. The molecule has 0 saturated heterocycles. The molecule has 0 radical (unpaired) electrons. The first kappa shape index (κ1) is 20.5. The summed E-state index contributed by atoms with van der Waals surface area (Å²) in [6.45, 7) is 6.17. The number of carbonyl (C=O) groups is 2. The van der Waals surface area contributed by atoms with Crippen LogP contribution in [0.1, 0.15) is 25.8 Å². The Kier molecular flexibility index (Phi) is 7.86. The quantitative estimate of drug-likeness (QED) is 0.772. The smallest absolute Gasteiger partial charge is 0.317 e. The summed E-state index contributed by atoms with van der Waals surface area (Å²) in [5, 5.41) is 2.81. The van der Waals surface area contributed by atoms with Crippen LogP contribution in [0.2, 0.25) is 0 Å². The van der Waals surface area contributed by atoms with Crippen LogP contribution in [0.15, 0.2) is 54.6 Å². The Balaban J connectivity index is 1.81. The van der Waals surface area contributed by atoms with E-state index in [1.807, 2.05) is 44.2 Å². The summed E-state index contributed by atoms with van der Waals surface area (Å²) in [5.74, 6) is 0.0689. The lowest BCUT2D eigenvalue weighted by Crippen LogP contribution is -2.39. The summed E-state index contributed by atoms with van der Waals surface area (Å²) in [4.78, 5) is 27.6. The first-order chi connectivity index (χ1) is 13.0. The Morgan fingerprint density at radius 1 is 0.889 bits per heavy atom. The topological polar surface area (TPSA) is 52.7 Å². The molecular formula is C22H29N3O2. The number of urea groups is 1. The molecule has 0 saturated carbocycles. The molecule has 0 spiro atoms. The fourth-order valence-corrected chi connectivity index (χ4v) is 2.92. The van der Waals surface area contributed by atoms with E-state index in [2.05, 4.69) is 29.6 Å². The molecule has 2 aromatic rings. The van der Waals surface area contributed by atoms with Gasteiger partial charge in [0.25, 0.3) is 0 Å². The summed E-state index contributed by atoms with van der Waals surface area (Å²) in [6, 6.07) is 18.2. The lowest BCUT2D eigenvalue weighted by atomic mass is 10.0. The zero-order valence-electron chi connectivity index (χ0n) is 16.4. The van der Waals surface area contributed by atoms with Gasteiger partial charge in [0, 0.05) is 39.6 Å². The molecule has 5 heteroatoms. The van der Waals surface area contributed by atoms with Gasteiger partial charge in [-0.05, 0) is 30.5 Å². The summed E-state index contributed by atoms with van der Waals surface area (Å²) < 4.78 is 0. The molecule has 0 heterocycles.